The van der Waals surface area contributed by atoms with Crippen molar-refractivity contribution in [3.8, 4) is 0 Å². The van der Waals surface area contributed by atoms with Crippen molar-refractivity contribution in [2.24, 2.45) is 5.73 Å². The first-order chi connectivity index (χ1) is 7.70. The molecule has 0 radical (unpaired) electrons. The number of hydrogen-bond donors (Lipinski definition) is 2. The first-order valence-corrected chi connectivity index (χ1v) is 6.76. The number of carbonyl (C=O) groups excluding carboxylic acids is 1. The second kappa shape index (κ2) is 7.66. The standard InChI is InChI=1S/C13H26N2O/c1-11(14)13(16)15-12-9-7-5-3-2-4-6-8-10-12/h11-12H,2-10,14H2,1H3,(H,15,16)/t11-/m1/s1. The molecule has 1 amide bonds. The Kier molecular flexibility index (Phi) is 6.46. The highest BCUT2D eigenvalue weighted by Crippen LogP contribution is 2.16. The van der Waals surface area contributed by atoms with Crippen LogP contribution in [0.3, 0.4) is 0 Å². The summed E-state index contributed by atoms with van der Waals surface area (Å²) in [6, 6.07) is -0.0213. The Morgan fingerprint density at radius 3 is 1.94 bits per heavy atom. The molecule has 0 aromatic rings. The molecule has 3 heteroatoms. The third kappa shape index (κ3) is 5.50. The molecule has 1 aliphatic rings. The molecule has 0 aliphatic heterocycles. The summed E-state index contributed by atoms with van der Waals surface area (Å²) in [5.41, 5.74) is 5.57. The quantitative estimate of drug-likeness (QED) is 0.759. The summed E-state index contributed by atoms with van der Waals surface area (Å²) in [5.74, 6) is 0.00191. The molecule has 0 heterocycles. The summed E-state index contributed by atoms with van der Waals surface area (Å²) in [7, 11) is 0. The molecule has 1 atom stereocenters. The van der Waals surface area contributed by atoms with Crippen LogP contribution in [0.4, 0.5) is 0 Å². The van der Waals surface area contributed by atoms with Crippen molar-refractivity contribution in [3.05, 3.63) is 0 Å². The van der Waals surface area contributed by atoms with Crippen LogP contribution in [0.1, 0.15) is 64.7 Å². The molecule has 0 aromatic heterocycles. The molecule has 0 spiro atoms. The Bertz CT molecular complexity index is 194. The fraction of sp³-hybridized carbons (Fsp3) is 0.923. The van der Waals surface area contributed by atoms with E-state index in [0.29, 0.717) is 6.04 Å². The number of nitrogens with one attached hydrogen (secondary N) is 1. The molecule has 3 N–H and O–H groups in total. The number of hydrogen-bond acceptors (Lipinski definition) is 2. The summed E-state index contributed by atoms with van der Waals surface area (Å²) in [6.45, 7) is 1.75. The van der Waals surface area contributed by atoms with Crippen LogP contribution in [0.5, 0.6) is 0 Å². The lowest BCUT2D eigenvalue weighted by atomic mass is 9.97. The van der Waals surface area contributed by atoms with Gasteiger partial charge < -0.3 is 11.1 Å². The molecule has 1 aliphatic carbocycles. The molecular formula is C13H26N2O. The van der Waals surface area contributed by atoms with Gasteiger partial charge in [-0.25, -0.2) is 0 Å². The number of rotatable bonds is 2. The minimum absolute atomic E-state index is 0.00191. The molecule has 16 heavy (non-hydrogen) atoms. The smallest absolute Gasteiger partial charge is 0.236 e. The van der Waals surface area contributed by atoms with Gasteiger partial charge in [-0.1, -0.05) is 44.9 Å². The second-order valence-electron chi connectivity index (χ2n) is 5.05. The molecule has 0 bridgehead atoms. The van der Waals surface area contributed by atoms with Gasteiger partial charge in [0.15, 0.2) is 0 Å². The summed E-state index contributed by atoms with van der Waals surface area (Å²) < 4.78 is 0. The van der Waals surface area contributed by atoms with Gasteiger partial charge in [0.05, 0.1) is 6.04 Å². The third-order valence-electron chi connectivity index (χ3n) is 3.37. The third-order valence-corrected chi connectivity index (χ3v) is 3.37. The maximum absolute atomic E-state index is 11.5. The number of carbonyl (C=O) groups is 1. The van der Waals surface area contributed by atoms with Crippen LogP contribution in [-0.2, 0) is 4.79 Å². The van der Waals surface area contributed by atoms with Gasteiger partial charge >= 0.3 is 0 Å². The van der Waals surface area contributed by atoms with Crippen LogP contribution < -0.4 is 11.1 Å². The monoisotopic (exact) mass is 226 g/mol. The van der Waals surface area contributed by atoms with Gasteiger partial charge in [-0.15, -0.1) is 0 Å². The summed E-state index contributed by atoms with van der Waals surface area (Å²) in [5, 5.41) is 3.07. The largest absolute Gasteiger partial charge is 0.352 e. The van der Waals surface area contributed by atoms with Crippen LogP contribution in [0, 0.1) is 0 Å². The lowest BCUT2D eigenvalue weighted by Crippen LogP contribution is -2.43. The van der Waals surface area contributed by atoms with Crippen LogP contribution in [0.15, 0.2) is 0 Å². The Labute approximate surface area is 99.2 Å². The van der Waals surface area contributed by atoms with Crippen molar-refractivity contribution in [1.82, 2.24) is 5.32 Å². The van der Waals surface area contributed by atoms with Gasteiger partial charge in [0, 0.05) is 6.04 Å². The van der Waals surface area contributed by atoms with Gasteiger partial charge in [0.1, 0.15) is 0 Å². The Balaban J connectivity index is 2.32. The van der Waals surface area contributed by atoms with Crippen LogP contribution in [-0.4, -0.2) is 18.0 Å². The molecular weight excluding hydrogens is 200 g/mol. The average molecular weight is 226 g/mol. The van der Waals surface area contributed by atoms with E-state index >= 15 is 0 Å². The predicted octanol–water partition coefficient (Wildman–Crippen LogP) is 2.34. The second-order valence-corrected chi connectivity index (χ2v) is 5.05. The zero-order valence-corrected chi connectivity index (χ0v) is 10.5. The van der Waals surface area contributed by atoms with Gasteiger partial charge in [-0.2, -0.15) is 0 Å². The van der Waals surface area contributed by atoms with Crippen molar-refractivity contribution in [2.45, 2.75) is 76.8 Å². The van der Waals surface area contributed by atoms with Gasteiger partial charge in [0.2, 0.25) is 5.91 Å². The minimum atomic E-state index is -0.379. The molecule has 1 fully saturated rings. The lowest BCUT2D eigenvalue weighted by Gasteiger charge is -2.21. The van der Waals surface area contributed by atoms with E-state index in [4.69, 9.17) is 5.73 Å². The maximum atomic E-state index is 11.5. The average Bonchev–Trinajstić information content (AvgIpc) is 2.27. The van der Waals surface area contributed by atoms with E-state index in [2.05, 4.69) is 5.32 Å². The maximum Gasteiger partial charge on any atom is 0.236 e. The van der Waals surface area contributed by atoms with Crippen LogP contribution >= 0.6 is 0 Å². The molecule has 1 saturated carbocycles. The molecule has 1 rings (SSSR count). The minimum Gasteiger partial charge on any atom is -0.352 e. The van der Waals surface area contributed by atoms with Crippen molar-refractivity contribution in [3.63, 3.8) is 0 Å². The van der Waals surface area contributed by atoms with Crippen molar-refractivity contribution in [1.29, 1.82) is 0 Å². The van der Waals surface area contributed by atoms with E-state index < -0.39 is 0 Å². The van der Waals surface area contributed by atoms with Gasteiger partial charge in [0.25, 0.3) is 0 Å². The molecule has 0 saturated heterocycles. The molecule has 3 nitrogen and oxygen atoms in total. The SMILES string of the molecule is C[C@@H](N)C(=O)NC1CCCCCCCCC1. The molecule has 0 aromatic carbocycles. The summed E-state index contributed by atoms with van der Waals surface area (Å²) in [6.07, 6.45) is 11.4. The van der Waals surface area contributed by atoms with E-state index in [-0.39, 0.29) is 11.9 Å². The van der Waals surface area contributed by atoms with E-state index in [0.717, 1.165) is 12.8 Å². The highest BCUT2D eigenvalue weighted by Gasteiger charge is 2.14. The van der Waals surface area contributed by atoms with Crippen molar-refractivity contribution >= 4 is 5.91 Å². The normalized spacial score (nSPS) is 22.4. The summed E-state index contributed by atoms with van der Waals surface area (Å²) >= 11 is 0. The van der Waals surface area contributed by atoms with Crippen molar-refractivity contribution in [2.75, 3.05) is 0 Å². The highest BCUT2D eigenvalue weighted by atomic mass is 16.2. The molecule has 94 valence electrons. The Morgan fingerprint density at radius 1 is 1.06 bits per heavy atom. The van der Waals surface area contributed by atoms with Gasteiger partial charge in [-0.05, 0) is 19.8 Å². The van der Waals surface area contributed by atoms with E-state index in [9.17, 15) is 4.79 Å². The first kappa shape index (κ1) is 13.5. The zero-order valence-electron chi connectivity index (χ0n) is 10.5. The predicted molar refractivity (Wildman–Crippen MR) is 67.1 cm³/mol. The van der Waals surface area contributed by atoms with Crippen LogP contribution in [0.2, 0.25) is 0 Å². The lowest BCUT2D eigenvalue weighted by molar-refractivity contribution is -0.122. The van der Waals surface area contributed by atoms with Crippen LogP contribution in [0.25, 0.3) is 0 Å². The van der Waals surface area contributed by atoms with E-state index in [1.807, 2.05) is 0 Å². The van der Waals surface area contributed by atoms with E-state index in [1.165, 1.54) is 44.9 Å². The van der Waals surface area contributed by atoms with Gasteiger partial charge in [-0.3, -0.25) is 4.79 Å². The van der Waals surface area contributed by atoms with Crippen molar-refractivity contribution < 1.29 is 4.79 Å². The fourth-order valence-electron chi connectivity index (χ4n) is 2.29. The Hall–Kier alpha value is -0.570. The molecule has 0 unspecified atom stereocenters. The topological polar surface area (TPSA) is 55.1 Å². The fourth-order valence-corrected chi connectivity index (χ4v) is 2.29. The highest BCUT2D eigenvalue weighted by molar-refractivity contribution is 5.81. The Morgan fingerprint density at radius 2 is 1.50 bits per heavy atom. The number of amides is 1. The first-order valence-electron chi connectivity index (χ1n) is 6.76. The number of nitrogens with two attached hydrogens (primary N) is 1. The van der Waals surface area contributed by atoms with E-state index in [1.54, 1.807) is 6.92 Å². The zero-order chi connectivity index (χ0) is 11.8. The summed E-state index contributed by atoms with van der Waals surface area (Å²) in [4.78, 5) is 11.5.